The Morgan fingerprint density at radius 2 is 1.92 bits per heavy atom. The van der Waals surface area contributed by atoms with Crippen molar-refractivity contribution in [2.24, 2.45) is 0 Å². The van der Waals surface area contributed by atoms with E-state index in [-0.39, 0.29) is 5.37 Å². The van der Waals surface area contributed by atoms with Gasteiger partial charge in [0.1, 0.15) is 0 Å². The van der Waals surface area contributed by atoms with Crippen molar-refractivity contribution in [2.45, 2.75) is 18.9 Å². The van der Waals surface area contributed by atoms with E-state index in [0.717, 1.165) is 25.9 Å². The van der Waals surface area contributed by atoms with Crippen LogP contribution in [0.5, 0.6) is 0 Å². The smallest absolute Gasteiger partial charge is 0.316 e. The summed E-state index contributed by atoms with van der Waals surface area (Å²) < 4.78 is 0. The van der Waals surface area contributed by atoms with Crippen LogP contribution in [0, 0.1) is 0 Å². The lowest BCUT2D eigenvalue weighted by Crippen LogP contribution is -2.42. The molecule has 1 saturated heterocycles. The summed E-state index contributed by atoms with van der Waals surface area (Å²) >= 11 is 5.36. The number of carbonyl (C=O) groups excluding carboxylic acids is 1. The molecule has 1 rings (SSSR count). The minimum absolute atomic E-state index is 0.313. The van der Waals surface area contributed by atoms with Gasteiger partial charge < -0.3 is 9.80 Å². The van der Waals surface area contributed by atoms with Crippen molar-refractivity contribution in [2.75, 3.05) is 27.2 Å². The van der Waals surface area contributed by atoms with E-state index in [1.54, 1.807) is 4.90 Å². The van der Waals surface area contributed by atoms with Gasteiger partial charge in [-0.2, -0.15) is 0 Å². The fourth-order valence-corrected chi connectivity index (χ4v) is 1.73. The number of likely N-dealkylation sites (tertiary alicyclic amines) is 1. The van der Waals surface area contributed by atoms with Crippen LogP contribution < -0.4 is 0 Å². The van der Waals surface area contributed by atoms with Gasteiger partial charge in [-0.05, 0) is 38.5 Å². The molecule has 1 amide bonds. The lowest BCUT2D eigenvalue weighted by atomic mass is 10.1. The molecule has 12 heavy (non-hydrogen) atoms. The summed E-state index contributed by atoms with van der Waals surface area (Å²) in [5.41, 5.74) is 0. The number of carbonyl (C=O) groups is 1. The van der Waals surface area contributed by atoms with Crippen molar-refractivity contribution < 1.29 is 4.79 Å². The number of rotatable bonds is 1. The molecule has 1 aliphatic rings. The predicted molar refractivity (Wildman–Crippen MR) is 49.5 cm³/mol. The molecule has 4 heteroatoms. The molecule has 0 aromatic carbocycles. The second-order valence-corrected chi connectivity index (χ2v) is 3.76. The zero-order valence-corrected chi connectivity index (χ0v) is 8.34. The normalized spacial score (nSPS) is 20.2. The molecule has 0 unspecified atom stereocenters. The summed E-state index contributed by atoms with van der Waals surface area (Å²) in [4.78, 5) is 14.7. The Hall–Kier alpha value is -0.280. The van der Waals surface area contributed by atoms with Gasteiger partial charge in [0.05, 0.1) is 0 Å². The summed E-state index contributed by atoms with van der Waals surface area (Å²) in [6.45, 7) is 1.59. The Kier molecular flexibility index (Phi) is 3.35. The molecule has 0 atom stereocenters. The van der Waals surface area contributed by atoms with Crippen LogP contribution in [0.3, 0.4) is 0 Å². The van der Waals surface area contributed by atoms with E-state index in [1.165, 1.54) is 0 Å². The third kappa shape index (κ3) is 2.35. The lowest BCUT2D eigenvalue weighted by Gasteiger charge is -2.33. The number of piperidine rings is 1. The maximum atomic E-state index is 10.8. The predicted octanol–water partition coefficient (Wildman–Crippen LogP) is 1.37. The first-order valence-corrected chi connectivity index (χ1v) is 4.60. The Morgan fingerprint density at radius 1 is 1.42 bits per heavy atom. The third-order valence-corrected chi connectivity index (χ3v) is 2.68. The molecule has 0 bridgehead atoms. The number of nitrogens with zero attached hydrogens (tertiary/aromatic N) is 2. The zero-order valence-electron chi connectivity index (χ0n) is 7.59. The van der Waals surface area contributed by atoms with Gasteiger partial charge in [0, 0.05) is 19.1 Å². The second-order valence-electron chi connectivity index (χ2n) is 3.43. The molecule has 70 valence electrons. The molecule has 1 fully saturated rings. The van der Waals surface area contributed by atoms with Crippen LogP contribution in [0.1, 0.15) is 12.8 Å². The summed E-state index contributed by atoms with van der Waals surface area (Å²) in [5, 5.41) is -0.313. The Morgan fingerprint density at radius 3 is 2.25 bits per heavy atom. The number of hydrogen-bond donors (Lipinski definition) is 0. The van der Waals surface area contributed by atoms with Gasteiger partial charge >= 0.3 is 5.37 Å². The molecule has 0 radical (unpaired) electrons. The molecule has 0 N–H and O–H groups in total. The van der Waals surface area contributed by atoms with E-state index in [2.05, 4.69) is 19.0 Å². The molecule has 3 nitrogen and oxygen atoms in total. The monoisotopic (exact) mass is 190 g/mol. The number of halogens is 1. The van der Waals surface area contributed by atoms with Crippen molar-refractivity contribution in [1.29, 1.82) is 0 Å². The molecular formula is C8H15ClN2O. The number of amides is 1. The van der Waals surface area contributed by atoms with Gasteiger partial charge in [-0.3, -0.25) is 4.79 Å². The summed E-state index contributed by atoms with van der Waals surface area (Å²) in [6, 6.07) is 0.609. The van der Waals surface area contributed by atoms with Gasteiger partial charge in [-0.25, -0.2) is 0 Å². The molecule has 1 aliphatic heterocycles. The molecule has 1 heterocycles. The molecule has 0 aromatic heterocycles. The maximum Gasteiger partial charge on any atom is 0.316 e. The minimum atomic E-state index is -0.313. The zero-order chi connectivity index (χ0) is 9.14. The van der Waals surface area contributed by atoms with Crippen molar-refractivity contribution in [3.63, 3.8) is 0 Å². The average Bonchev–Trinajstić information content (AvgIpc) is 2.04. The Labute approximate surface area is 78.3 Å². The molecule has 0 saturated carbocycles. The quantitative estimate of drug-likeness (QED) is 0.461. The highest BCUT2D eigenvalue weighted by Crippen LogP contribution is 2.15. The van der Waals surface area contributed by atoms with Crippen LogP contribution in [0.4, 0.5) is 4.79 Å². The second kappa shape index (κ2) is 4.10. The fourth-order valence-electron chi connectivity index (χ4n) is 1.56. The van der Waals surface area contributed by atoms with Crippen molar-refractivity contribution >= 4 is 17.0 Å². The minimum Gasteiger partial charge on any atom is -0.329 e. The van der Waals surface area contributed by atoms with Crippen molar-refractivity contribution in [3.8, 4) is 0 Å². The summed E-state index contributed by atoms with van der Waals surface area (Å²) in [6.07, 6.45) is 2.07. The first-order valence-electron chi connectivity index (χ1n) is 4.22. The van der Waals surface area contributed by atoms with E-state index in [1.807, 2.05) is 0 Å². The highest BCUT2D eigenvalue weighted by Gasteiger charge is 2.22. The van der Waals surface area contributed by atoms with Crippen molar-refractivity contribution in [1.82, 2.24) is 9.80 Å². The Bertz CT molecular complexity index is 164. The number of hydrogen-bond acceptors (Lipinski definition) is 2. The van der Waals surface area contributed by atoms with Gasteiger partial charge in [0.2, 0.25) is 0 Å². The molecule has 0 aromatic rings. The van der Waals surface area contributed by atoms with Crippen molar-refractivity contribution in [3.05, 3.63) is 0 Å². The topological polar surface area (TPSA) is 23.6 Å². The molecule has 0 spiro atoms. The first-order chi connectivity index (χ1) is 5.61. The Balaban J connectivity index is 2.34. The molecule has 0 aliphatic carbocycles. The van der Waals surface area contributed by atoms with E-state index < -0.39 is 0 Å². The highest BCUT2D eigenvalue weighted by atomic mass is 35.5. The fraction of sp³-hybridized carbons (Fsp3) is 0.875. The third-order valence-electron chi connectivity index (χ3n) is 2.44. The summed E-state index contributed by atoms with van der Waals surface area (Å²) in [7, 11) is 4.14. The summed E-state index contributed by atoms with van der Waals surface area (Å²) in [5.74, 6) is 0. The van der Waals surface area contributed by atoms with Gasteiger partial charge in [0.25, 0.3) is 0 Å². The highest BCUT2D eigenvalue weighted by molar-refractivity contribution is 6.62. The maximum absolute atomic E-state index is 10.8. The molecular weight excluding hydrogens is 176 g/mol. The van der Waals surface area contributed by atoms with E-state index >= 15 is 0 Å². The standard InChI is InChI=1S/C8H15ClN2O/c1-10(2)7-3-5-11(6-4-7)8(9)12/h7H,3-6H2,1-2H3. The van der Waals surface area contributed by atoms with Gasteiger partial charge in [-0.15, -0.1) is 0 Å². The SMILES string of the molecule is CN(C)C1CCN(C(=O)Cl)CC1. The first kappa shape index (κ1) is 9.81. The van der Waals surface area contributed by atoms with Crippen LogP contribution in [-0.2, 0) is 0 Å². The lowest BCUT2D eigenvalue weighted by molar-refractivity contribution is 0.162. The van der Waals surface area contributed by atoms with E-state index in [9.17, 15) is 4.79 Å². The van der Waals surface area contributed by atoms with Crippen LogP contribution >= 0.6 is 11.6 Å². The van der Waals surface area contributed by atoms with Crippen LogP contribution in [0.2, 0.25) is 0 Å². The van der Waals surface area contributed by atoms with Gasteiger partial charge in [-0.1, -0.05) is 0 Å². The van der Waals surface area contributed by atoms with Gasteiger partial charge in [0.15, 0.2) is 0 Å². The largest absolute Gasteiger partial charge is 0.329 e. The van der Waals surface area contributed by atoms with Crippen LogP contribution in [0.15, 0.2) is 0 Å². The van der Waals surface area contributed by atoms with Crippen LogP contribution in [-0.4, -0.2) is 48.4 Å². The van der Waals surface area contributed by atoms with Crippen LogP contribution in [0.25, 0.3) is 0 Å². The van der Waals surface area contributed by atoms with E-state index in [0.29, 0.717) is 6.04 Å². The van der Waals surface area contributed by atoms with E-state index in [4.69, 9.17) is 11.6 Å². The average molecular weight is 191 g/mol.